The Labute approximate surface area is 120 Å². The van der Waals surface area contributed by atoms with Crippen molar-refractivity contribution < 1.29 is 14.2 Å². The van der Waals surface area contributed by atoms with Crippen LogP contribution >= 0.6 is 12.2 Å². The van der Waals surface area contributed by atoms with E-state index in [0.29, 0.717) is 18.2 Å². The quantitative estimate of drug-likeness (QED) is 0.585. The maximum absolute atomic E-state index is 5.93. The van der Waals surface area contributed by atoms with Gasteiger partial charge in [0, 0.05) is 19.5 Å². The molecule has 2 heterocycles. The molecule has 0 unspecified atom stereocenters. The molecule has 2 aliphatic rings. The Balaban J connectivity index is 1.92. The molecule has 108 valence electrons. The summed E-state index contributed by atoms with van der Waals surface area (Å²) in [5.41, 5.74) is 0. The van der Waals surface area contributed by atoms with Gasteiger partial charge in [0.2, 0.25) is 0 Å². The molecule has 4 nitrogen and oxygen atoms in total. The fourth-order valence-electron chi connectivity index (χ4n) is 2.44. The maximum atomic E-state index is 5.93. The number of rotatable bonds is 4. The number of nitrogens with zero attached hydrogens (tertiary/aromatic N) is 1. The molecule has 2 fully saturated rings. The zero-order valence-electron chi connectivity index (χ0n) is 11.8. The van der Waals surface area contributed by atoms with Crippen LogP contribution in [0.1, 0.15) is 33.1 Å². The van der Waals surface area contributed by atoms with Crippen molar-refractivity contribution in [3.8, 4) is 0 Å². The fraction of sp³-hybridized carbons (Fsp3) is 0.786. The molecular formula is C14H23NO3S. The molecule has 2 rings (SSSR count). The van der Waals surface area contributed by atoms with Gasteiger partial charge in [-0.25, -0.2) is 0 Å². The predicted octanol–water partition coefficient (Wildman–Crippen LogP) is 2.48. The summed E-state index contributed by atoms with van der Waals surface area (Å²) in [6.07, 6.45) is 4.71. The lowest BCUT2D eigenvalue weighted by Crippen LogP contribution is -2.38. The van der Waals surface area contributed by atoms with Crippen molar-refractivity contribution in [3.63, 3.8) is 0 Å². The first kappa shape index (κ1) is 14.8. The smallest absolute Gasteiger partial charge is 0.259 e. The van der Waals surface area contributed by atoms with E-state index in [-0.39, 0.29) is 12.2 Å². The molecule has 2 aliphatic heterocycles. The van der Waals surface area contributed by atoms with E-state index in [1.807, 2.05) is 19.9 Å². The molecule has 2 atom stereocenters. The third-order valence-corrected chi connectivity index (χ3v) is 3.81. The highest BCUT2D eigenvalue weighted by Crippen LogP contribution is 2.27. The lowest BCUT2D eigenvalue weighted by Gasteiger charge is -2.27. The largest absolute Gasteiger partial charge is 0.464 e. The highest BCUT2D eigenvalue weighted by Gasteiger charge is 2.38. The SMILES string of the molecule is C=CC[C@@H](OC(=S)N1CCCC1)[C@@H]1COC(C)(C)O1. The molecular weight excluding hydrogens is 262 g/mol. The summed E-state index contributed by atoms with van der Waals surface area (Å²) in [4.78, 5) is 2.12. The summed E-state index contributed by atoms with van der Waals surface area (Å²) in [7, 11) is 0. The number of thiocarbonyl (C=S) groups is 1. The van der Waals surface area contributed by atoms with Crippen LogP contribution in [0.4, 0.5) is 0 Å². The topological polar surface area (TPSA) is 30.9 Å². The van der Waals surface area contributed by atoms with Crippen LogP contribution in [-0.4, -0.2) is 47.8 Å². The number of ether oxygens (including phenoxy) is 3. The first-order valence-electron chi connectivity index (χ1n) is 6.90. The van der Waals surface area contributed by atoms with Crippen LogP contribution in [0.3, 0.4) is 0 Å². The van der Waals surface area contributed by atoms with Crippen LogP contribution < -0.4 is 0 Å². The molecule has 5 heteroatoms. The second kappa shape index (κ2) is 6.20. The van der Waals surface area contributed by atoms with Crippen molar-refractivity contribution in [1.29, 1.82) is 0 Å². The van der Waals surface area contributed by atoms with Crippen molar-refractivity contribution in [3.05, 3.63) is 12.7 Å². The van der Waals surface area contributed by atoms with Crippen molar-refractivity contribution >= 4 is 17.4 Å². The van der Waals surface area contributed by atoms with Crippen molar-refractivity contribution in [1.82, 2.24) is 4.90 Å². The van der Waals surface area contributed by atoms with Crippen LogP contribution in [0.15, 0.2) is 12.7 Å². The summed E-state index contributed by atoms with van der Waals surface area (Å²) in [5, 5.41) is 0.581. The molecule has 19 heavy (non-hydrogen) atoms. The van der Waals surface area contributed by atoms with Gasteiger partial charge in [-0.15, -0.1) is 6.58 Å². The maximum Gasteiger partial charge on any atom is 0.259 e. The molecule has 0 saturated carbocycles. The van der Waals surface area contributed by atoms with E-state index in [1.54, 1.807) is 0 Å². The van der Waals surface area contributed by atoms with Gasteiger partial charge in [-0.1, -0.05) is 6.08 Å². The van der Waals surface area contributed by atoms with Gasteiger partial charge in [0.25, 0.3) is 5.17 Å². The fourth-order valence-corrected chi connectivity index (χ4v) is 2.75. The van der Waals surface area contributed by atoms with Gasteiger partial charge in [0.15, 0.2) is 5.79 Å². The van der Waals surface area contributed by atoms with Crippen molar-refractivity contribution in [2.75, 3.05) is 19.7 Å². The molecule has 0 bridgehead atoms. The predicted molar refractivity (Wildman–Crippen MR) is 78.0 cm³/mol. The molecule has 0 aromatic rings. The molecule has 0 amide bonds. The van der Waals surface area contributed by atoms with E-state index in [9.17, 15) is 0 Å². The van der Waals surface area contributed by atoms with Gasteiger partial charge in [-0.3, -0.25) is 0 Å². The Morgan fingerprint density at radius 3 is 2.74 bits per heavy atom. The zero-order chi connectivity index (χ0) is 13.9. The van der Waals surface area contributed by atoms with E-state index in [4.69, 9.17) is 26.4 Å². The van der Waals surface area contributed by atoms with E-state index in [0.717, 1.165) is 13.1 Å². The molecule has 0 aromatic heterocycles. The van der Waals surface area contributed by atoms with E-state index in [2.05, 4.69) is 11.5 Å². The molecule has 2 saturated heterocycles. The van der Waals surface area contributed by atoms with Gasteiger partial charge in [0.05, 0.1) is 6.61 Å². The van der Waals surface area contributed by atoms with E-state index in [1.165, 1.54) is 12.8 Å². The lowest BCUT2D eigenvalue weighted by molar-refractivity contribution is -0.149. The van der Waals surface area contributed by atoms with Gasteiger partial charge >= 0.3 is 0 Å². The Morgan fingerprint density at radius 2 is 2.21 bits per heavy atom. The average Bonchev–Trinajstić information content (AvgIpc) is 2.97. The van der Waals surface area contributed by atoms with E-state index >= 15 is 0 Å². The van der Waals surface area contributed by atoms with Crippen molar-refractivity contribution in [2.45, 2.75) is 51.1 Å². The number of likely N-dealkylation sites (tertiary alicyclic amines) is 1. The Bertz CT molecular complexity index is 340. The standard InChI is InChI=1S/C14H23NO3S/c1-4-7-11(12-10-16-14(2,3)18-12)17-13(19)15-8-5-6-9-15/h4,11-12H,1,5-10H2,2-3H3/t11-,12+/m1/s1. The van der Waals surface area contributed by atoms with Gasteiger partial charge in [-0.05, 0) is 38.9 Å². The molecule has 0 N–H and O–H groups in total. The minimum absolute atomic E-state index is 0.0893. The monoisotopic (exact) mass is 285 g/mol. The summed E-state index contributed by atoms with van der Waals surface area (Å²) in [6, 6.07) is 0. The van der Waals surface area contributed by atoms with Crippen LogP contribution in [0.25, 0.3) is 0 Å². The number of hydrogen-bond donors (Lipinski definition) is 0. The average molecular weight is 285 g/mol. The van der Waals surface area contributed by atoms with Crippen LogP contribution in [0, 0.1) is 0 Å². The normalized spacial score (nSPS) is 27.3. The van der Waals surface area contributed by atoms with Gasteiger partial charge in [-0.2, -0.15) is 0 Å². The van der Waals surface area contributed by atoms with Crippen LogP contribution in [0.2, 0.25) is 0 Å². The number of hydrogen-bond acceptors (Lipinski definition) is 4. The molecule has 0 aliphatic carbocycles. The second-order valence-electron chi connectivity index (χ2n) is 5.51. The first-order valence-corrected chi connectivity index (χ1v) is 7.31. The van der Waals surface area contributed by atoms with E-state index < -0.39 is 5.79 Å². The Hall–Kier alpha value is -0.650. The summed E-state index contributed by atoms with van der Waals surface area (Å²) in [6.45, 7) is 10.1. The minimum Gasteiger partial charge on any atom is -0.464 e. The summed E-state index contributed by atoms with van der Waals surface area (Å²) < 4.78 is 17.4. The second-order valence-corrected chi connectivity index (χ2v) is 5.86. The highest BCUT2D eigenvalue weighted by molar-refractivity contribution is 7.80. The van der Waals surface area contributed by atoms with Crippen LogP contribution in [0.5, 0.6) is 0 Å². The van der Waals surface area contributed by atoms with Gasteiger partial charge in [0.1, 0.15) is 12.2 Å². The Kier molecular flexibility index (Phi) is 4.81. The zero-order valence-corrected chi connectivity index (χ0v) is 12.6. The highest BCUT2D eigenvalue weighted by atomic mass is 32.1. The summed E-state index contributed by atoms with van der Waals surface area (Å²) in [5.74, 6) is -0.539. The third-order valence-electron chi connectivity index (χ3n) is 3.46. The molecule has 0 aromatic carbocycles. The minimum atomic E-state index is -0.539. The van der Waals surface area contributed by atoms with Gasteiger partial charge < -0.3 is 19.1 Å². The molecule has 0 radical (unpaired) electrons. The summed E-state index contributed by atoms with van der Waals surface area (Å²) >= 11 is 5.37. The van der Waals surface area contributed by atoms with Crippen molar-refractivity contribution in [2.24, 2.45) is 0 Å². The Morgan fingerprint density at radius 1 is 1.53 bits per heavy atom. The first-order chi connectivity index (χ1) is 9.02. The third kappa shape index (κ3) is 3.91. The molecule has 0 spiro atoms. The van der Waals surface area contributed by atoms with Crippen LogP contribution in [-0.2, 0) is 14.2 Å². The lowest BCUT2D eigenvalue weighted by atomic mass is 10.1.